The monoisotopic (exact) mass is 250 g/mol. The smallest absolute Gasteiger partial charge is 0.119 e. The van der Waals surface area contributed by atoms with Crippen LogP contribution < -0.4 is 4.74 Å². The SMILES string of the molecule is COC(C1CC1)C(O)c1ccc(OC(C)C)cc1. The largest absolute Gasteiger partial charge is 0.491 e. The molecule has 1 aliphatic carbocycles. The molecule has 1 aliphatic rings. The second-order valence-corrected chi connectivity index (χ2v) is 5.22. The van der Waals surface area contributed by atoms with Gasteiger partial charge in [0.2, 0.25) is 0 Å². The molecule has 100 valence electrons. The Kier molecular flexibility index (Phi) is 4.25. The van der Waals surface area contributed by atoms with Gasteiger partial charge in [0.05, 0.1) is 12.2 Å². The summed E-state index contributed by atoms with van der Waals surface area (Å²) in [4.78, 5) is 0. The maximum absolute atomic E-state index is 10.3. The number of aliphatic hydroxyl groups is 1. The molecule has 3 heteroatoms. The van der Waals surface area contributed by atoms with Crippen LogP contribution in [0.1, 0.15) is 38.4 Å². The molecule has 0 amide bonds. The molecule has 2 atom stereocenters. The van der Waals surface area contributed by atoms with E-state index in [0.717, 1.165) is 24.2 Å². The Hall–Kier alpha value is -1.06. The zero-order valence-electron chi connectivity index (χ0n) is 11.3. The third-order valence-electron chi connectivity index (χ3n) is 3.26. The van der Waals surface area contributed by atoms with Crippen molar-refractivity contribution in [2.24, 2.45) is 5.92 Å². The van der Waals surface area contributed by atoms with E-state index in [2.05, 4.69) is 0 Å². The van der Waals surface area contributed by atoms with Gasteiger partial charge in [-0.3, -0.25) is 0 Å². The summed E-state index contributed by atoms with van der Waals surface area (Å²) in [5.74, 6) is 1.35. The van der Waals surface area contributed by atoms with E-state index in [1.165, 1.54) is 0 Å². The normalized spacial score (nSPS) is 18.7. The molecular weight excluding hydrogens is 228 g/mol. The summed E-state index contributed by atoms with van der Waals surface area (Å²) in [6.07, 6.45) is 1.85. The van der Waals surface area contributed by atoms with E-state index >= 15 is 0 Å². The number of hydrogen-bond donors (Lipinski definition) is 1. The third-order valence-corrected chi connectivity index (χ3v) is 3.26. The van der Waals surface area contributed by atoms with Gasteiger partial charge >= 0.3 is 0 Å². The van der Waals surface area contributed by atoms with Crippen LogP contribution in [0.5, 0.6) is 5.75 Å². The first-order valence-electron chi connectivity index (χ1n) is 6.59. The maximum Gasteiger partial charge on any atom is 0.119 e. The van der Waals surface area contributed by atoms with E-state index in [0.29, 0.717) is 5.92 Å². The zero-order valence-corrected chi connectivity index (χ0v) is 11.3. The molecule has 3 nitrogen and oxygen atoms in total. The molecule has 1 N–H and O–H groups in total. The van der Waals surface area contributed by atoms with Crippen LogP contribution >= 0.6 is 0 Å². The van der Waals surface area contributed by atoms with Gasteiger partial charge in [-0.05, 0) is 50.3 Å². The van der Waals surface area contributed by atoms with E-state index < -0.39 is 6.10 Å². The third kappa shape index (κ3) is 3.24. The highest BCUT2D eigenvalue weighted by atomic mass is 16.5. The van der Waals surface area contributed by atoms with Gasteiger partial charge in [0.1, 0.15) is 11.9 Å². The minimum absolute atomic E-state index is 0.0816. The fourth-order valence-corrected chi connectivity index (χ4v) is 2.21. The van der Waals surface area contributed by atoms with Crippen molar-refractivity contribution in [2.75, 3.05) is 7.11 Å². The number of hydrogen-bond acceptors (Lipinski definition) is 3. The molecule has 0 aromatic heterocycles. The summed E-state index contributed by atoms with van der Waals surface area (Å²) in [6.45, 7) is 3.99. The van der Waals surface area contributed by atoms with Gasteiger partial charge in [0, 0.05) is 7.11 Å². The Morgan fingerprint density at radius 1 is 1.17 bits per heavy atom. The van der Waals surface area contributed by atoms with Crippen LogP contribution in [-0.2, 0) is 4.74 Å². The van der Waals surface area contributed by atoms with Crippen molar-refractivity contribution >= 4 is 0 Å². The van der Waals surface area contributed by atoms with Gasteiger partial charge in [-0.1, -0.05) is 12.1 Å². The summed E-state index contributed by atoms with van der Waals surface area (Å²) in [5.41, 5.74) is 0.893. The van der Waals surface area contributed by atoms with Crippen LogP contribution in [0.15, 0.2) is 24.3 Å². The summed E-state index contributed by atoms with van der Waals surface area (Å²) < 4.78 is 11.0. The number of methoxy groups -OCH3 is 1. The number of benzene rings is 1. The van der Waals surface area contributed by atoms with Crippen LogP contribution in [0.2, 0.25) is 0 Å². The van der Waals surface area contributed by atoms with E-state index in [4.69, 9.17) is 9.47 Å². The van der Waals surface area contributed by atoms with Crippen LogP contribution in [0.25, 0.3) is 0 Å². The van der Waals surface area contributed by atoms with Crippen molar-refractivity contribution in [3.8, 4) is 5.75 Å². The molecule has 1 aromatic rings. The molecule has 0 aliphatic heterocycles. The highest BCUT2D eigenvalue weighted by molar-refractivity contribution is 5.29. The lowest BCUT2D eigenvalue weighted by molar-refractivity contribution is -0.0259. The molecule has 1 fully saturated rings. The van der Waals surface area contributed by atoms with Crippen LogP contribution in [0.3, 0.4) is 0 Å². The van der Waals surface area contributed by atoms with Crippen molar-refractivity contribution in [3.63, 3.8) is 0 Å². The minimum atomic E-state index is -0.546. The van der Waals surface area contributed by atoms with Crippen molar-refractivity contribution in [3.05, 3.63) is 29.8 Å². The summed E-state index contributed by atoms with van der Waals surface area (Å²) in [7, 11) is 1.67. The molecule has 1 aromatic carbocycles. The lowest BCUT2D eigenvalue weighted by Crippen LogP contribution is -2.23. The predicted molar refractivity (Wildman–Crippen MR) is 70.7 cm³/mol. The van der Waals surface area contributed by atoms with E-state index in [-0.39, 0.29) is 12.2 Å². The first-order chi connectivity index (χ1) is 8.61. The maximum atomic E-state index is 10.3. The quantitative estimate of drug-likeness (QED) is 0.843. The van der Waals surface area contributed by atoms with Gasteiger partial charge in [0.15, 0.2) is 0 Å². The van der Waals surface area contributed by atoms with Gasteiger partial charge in [-0.25, -0.2) is 0 Å². The molecule has 0 saturated heterocycles. The van der Waals surface area contributed by atoms with Crippen LogP contribution in [0.4, 0.5) is 0 Å². The Morgan fingerprint density at radius 3 is 2.22 bits per heavy atom. The van der Waals surface area contributed by atoms with Crippen molar-refractivity contribution < 1.29 is 14.6 Å². The van der Waals surface area contributed by atoms with Crippen LogP contribution in [0, 0.1) is 5.92 Å². The summed E-state index contributed by atoms with van der Waals surface area (Å²) in [6, 6.07) is 7.63. The van der Waals surface area contributed by atoms with Crippen molar-refractivity contribution in [1.29, 1.82) is 0 Å². The Morgan fingerprint density at radius 2 is 1.78 bits per heavy atom. The second kappa shape index (κ2) is 5.72. The van der Waals surface area contributed by atoms with Gasteiger partial charge in [0.25, 0.3) is 0 Å². The van der Waals surface area contributed by atoms with E-state index in [1.54, 1.807) is 7.11 Å². The predicted octanol–water partition coefficient (Wildman–Crippen LogP) is 2.93. The molecular formula is C15H22O3. The molecule has 0 spiro atoms. The van der Waals surface area contributed by atoms with E-state index in [9.17, 15) is 5.11 Å². The van der Waals surface area contributed by atoms with Gasteiger partial charge < -0.3 is 14.6 Å². The summed E-state index contributed by atoms with van der Waals surface area (Å²) >= 11 is 0. The molecule has 2 unspecified atom stereocenters. The first kappa shape index (κ1) is 13.4. The average Bonchev–Trinajstić information content (AvgIpc) is 3.14. The van der Waals surface area contributed by atoms with Crippen molar-refractivity contribution in [2.45, 2.75) is 45.0 Å². The average molecular weight is 250 g/mol. The Balaban J connectivity index is 2.03. The fourth-order valence-electron chi connectivity index (χ4n) is 2.21. The topological polar surface area (TPSA) is 38.7 Å². The molecule has 18 heavy (non-hydrogen) atoms. The molecule has 1 saturated carbocycles. The first-order valence-corrected chi connectivity index (χ1v) is 6.59. The lowest BCUT2D eigenvalue weighted by atomic mass is 10.0. The van der Waals surface area contributed by atoms with Crippen molar-refractivity contribution in [1.82, 2.24) is 0 Å². The Labute approximate surface area is 109 Å². The number of rotatable bonds is 6. The molecule has 0 bridgehead atoms. The zero-order chi connectivity index (χ0) is 13.1. The Bertz CT molecular complexity index is 368. The number of ether oxygens (including phenoxy) is 2. The molecule has 0 heterocycles. The van der Waals surface area contributed by atoms with Gasteiger partial charge in [-0.15, -0.1) is 0 Å². The van der Waals surface area contributed by atoms with Crippen LogP contribution in [-0.4, -0.2) is 24.4 Å². The van der Waals surface area contributed by atoms with E-state index in [1.807, 2.05) is 38.1 Å². The van der Waals surface area contributed by atoms with Gasteiger partial charge in [-0.2, -0.15) is 0 Å². The lowest BCUT2D eigenvalue weighted by Gasteiger charge is -2.22. The summed E-state index contributed by atoms with van der Waals surface area (Å²) in [5, 5.41) is 10.3. The highest BCUT2D eigenvalue weighted by Crippen LogP contribution is 2.39. The number of aliphatic hydroxyl groups excluding tert-OH is 1. The highest BCUT2D eigenvalue weighted by Gasteiger charge is 2.36. The second-order valence-electron chi connectivity index (χ2n) is 5.22. The fraction of sp³-hybridized carbons (Fsp3) is 0.600. The standard InChI is InChI=1S/C15H22O3/c1-10(2)18-13-8-6-11(7-9-13)14(16)15(17-3)12-4-5-12/h6-10,12,14-16H,4-5H2,1-3H3. The molecule has 0 radical (unpaired) electrons. The molecule has 2 rings (SSSR count). The minimum Gasteiger partial charge on any atom is -0.491 e.